The summed E-state index contributed by atoms with van der Waals surface area (Å²) in [6.07, 6.45) is 9.50. The number of phenols is 1. The predicted octanol–water partition coefficient (Wildman–Crippen LogP) is 3.09. The van der Waals surface area contributed by atoms with Gasteiger partial charge in [-0.25, -0.2) is 4.98 Å². The van der Waals surface area contributed by atoms with Crippen molar-refractivity contribution < 1.29 is 5.11 Å². The summed E-state index contributed by atoms with van der Waals surface area (Å²) in [5.41, 5.74) is 3.13. The predicted molar refractivity (Wildman–Crippen MR) is 83.3 cm³/mol. The van der Waals surface area contributed by atoms with Crippen molar-refractivity contribution in [3.63, 3.8) is 0 Å². The minimum Gasteiger partial charge on any atom is -0.507 e. The Labute approximate surface area is 125 Å². The van der Waals surface area contributed by atoms with Crippen molar-refractivity contribution in [2.45, 2.75) is 51.7 Å². The van der Waals surface area contributed by atoms with Crippen molar-refractivity contribution in [3.05, 3.63) is 47.5 Å². The summed E-state index contributed by atoms with van der Waals surface area (Å²) in [5, 5.41) is 13.5. The zero-order chi connectivity index (χ0) is 14.8. The van der Waals surface area contributed by atoms with Crippen LogP contribution in [-0.2, 0) is 6.54 Å². The molecule has 21 heavy (non-hydrogen) atoms. The third-order valence-corrected chi connectivity index (χ3v) is 4.51. The molecule has 0 aliphatic heterocycles. The third-order valence-electron chi connectivity index (χ3n) is 4.51. The van der Waals surface area contributed by atoms with Gasteiger partial charge in [0.25, 0.3) is 0 Å². The molecule has 4 heteroatoms. The quantitative estimate of drug-likeness (QED) is 0.907. The highest BCUT2D eigenvalue weighted by Crippen LogP contribution is 2.30. The molecular formula is C17H23N3O. The van der Waals surface area contributed by atoms with Crippen LogP contribution in [-0.4, -0.2) is 20.7 Å². The highest BCUT2D eigenvalue weighted by atomic mass is 16.3. The van der Waals surface area contributed by atoms with E-state index in [1.807, 2.05) is 26.4 Å². The van der Waals surface area contributed by atoms with Crippen molar-refractivity contribution in [3.8, 4) is 5.75 Å². The second kappa shape index (κ2) is 5.90. The highest BCUT2D eigenvalue weighted by molar-refractivity contribution is 5.42. The Balaban J connectivity index is 1.67. The van der Waals surface area contributed by atoms with E-state index in [2.05, 4.69) is 33.2 Å². The number of rotatable bonds is 4. The largest absolute Gasteiger partial charge is 0.507 e. The third kappa shape index (κ3) is 2.95. The molecule has 0 radical (unpaired) electrons. The highest BCUT2D eigenvalue weighted by Gasteiger charge is 2.27. The van der Waals surface area contributed by atoms with E-state index in [9.17, 15) is 5.11 Å². The van der Waals surface area contributed by atoms with Crippen molar-refractivity contribution in [2.24, 2.45) is 0 Å². The number of phenolic OH excluding ortho intramolecular Hbond substituents is 1. The van der Waals surface area contributed by atoms with Crippen molar-refractivity contribution in [1.29, 1.82) is 0 Å². The molecule has 1 fully saturated rings. The van der Waals surface area contributed by atoms with Gasteiger partial charge >= 0.3 is 0 Å². The van der Waals surface area contributed by atoms with Crippen molar-refractivity contribution in [1.82, 2.24) is 14.9 Å². The van der Waals surface area contributed by atoms with Gasteiger partial charge in [-0.3, -0.25) is 0 Å². The number of aromatic hydroxyl groups is 1. The van der Waals surface area contributed by atoms with Crippen molar-refractivity contribution in [2.75, 3.05) is 0 Å². The molecular weight excluding hydrogens is 262 g/mol. The van der Waals surface area contributed by atoms with Crippen LogP contribution in [0.4, 0.5) is 0 Å². The van der Waals surface area contributed by atoms with Crippen LogP contribution in [0.3, 0.4) is 0 Å². The monoisotopic (exact) mass is 285 g/mol. The van der Waals surface area contributed by atoms with Crippen molar-refractivity contribution >= 4 is 0 Å². The standard InChI is InChI=1S/C17H23N3O/c1-12-8-14(9-13(2)17(12)21)10-19-15-4-3-5-16(15)20-7-6-18-11-20/h6-9,11,15-16,19,21H,3-5,10H2,1-2H3. The molecule has 2 aromatic rings. The van der Waals surface area contributed by atoms with Crippen LogP contribution < -0.4 is 5.32 Å². The van der Waals surface area contributed by atoms with E-state index in [0.29, 0.717) is 17.8 Å². The van der Waals surface area contributed by atoms with Crippen LogP contribution in [0.5, 0.6) is 5.75 Å². The first kappa shape index (κ1) is 14.1. The lowest BCUT2D eigenvalue weighted by Crippen LogP contribution is -2.33. The molecule has 1 heterocycles. The zero-order valence-electron chi connectivity index (χ0n) is 12.7. The first-order valence-corrected chi connectivity index (χ1v) is 7.65. The smallest absolute Gasteiger partial charge is 0.121 e. The SMILES string of the molecule is Cc1cc(CNC2CCCC2n2ccnc2)cc(C)c1O. The lowest BCUT2D eigenvalue weighted by Gasteiger charge is -2.22. The second-order valence-corrected chi connectivity index (χ2v) is 6.07. The van der Waals surface area contributed by atoms with Crippen LogP contribution in [0.15, 0.2) is 30.9 Å². The molecule has 2 unspecified atom stereocenters. The number of aryl methyl sites for hydroxylation is 2. The Hall–Kier alpha value is -1.81. The summed E-state index contributed by atoms with van der Waals surface area (Å²) in [6, 6.07) is 5.13. The number of nitrogens with zero attached hydrogens (tertiary/aromatic N) is 2. The molecule has 0 saturated heterocycles. The minimum absolute atomic E-state index is 0.413. The Morgan fingerprint density at radius 2 is 2.05 bits per heavy atom. The molecule has 3 rings (SSSR count). The van der Waals surface area contributed by atoms with Gasteiger partial charge in [0, 0.05) is 31.0 Å². The number of hydrogen-bond donors (Lipinski definition) is 2. The lowest BCUT2D eigenvalue weighted by atomic mass is 10.0. The Morgan fingerprint density at radius 1 is 1.29 bits per heavy atom. The average molecular weight is 285 g/mol. The second-order valence-electron chi connectivity index (χ2n) is 6.07. The summed E-state index contributed by atoms with van der Waals surface area (Å²) in [6.45, 7) is 4.75. The van der Waals surface area contributed by atoms with Crippen LogP contribution in [0.1, 0.15) is 42.0 Å². The normalized spacial score (nSPS) is 21.8. The Morgan fingerprint density at radius 3 is 2.71 bits per heavy atom. The summed E-state index contributed by atoms with van der Waals surface area (Å²) in [5.74, 6) is 0.413. The van der Waals surface area contributed by atoms with E-state index < -0.39 is 0 Å². The molecule has 1 aliphatic carbocycles. The fourth-order valence-corrected chi connectivity index (χ4v) is 3.40. The van der Waals surface area contributed by atoms with Gasteiger partial charge in [0.1, 0.15) is 5.75 Å². The number of benzene rings is 1. The van der Waals surface area contributed by atoms with Crippen LogP contribution in [0.25, 0.3) is 0 Å². The molecule has 1 aliphatic rings. The van der Waals surface area contributed by atoms with Gasteiger partial charge in [0.2, 0.25) is 0 Å². The Bertz CT molecular complexity index is 583. The van der Waals surface area contributed by atoms with E-state index in [1.54, 1.807) is 0 Å². The summed E-state index contributed by atoms with van der Waals surface area (Å²) in [7, 11) is 0. The van der Waals surface area contributed by atoms with Crippen LogP contribution in [0.2, 0.25) is 0 Å². The molecule has 0 amide bonds. The molecule has 4 nitrogen and oxygen atoms in total. The lowest BCUT2D eigenvalue weighted by molar-refractivity contribution is 0.390. The number of imidazole rings is 1. The maximum Gasteiger partial charge on any atom is 0.121 e. The molecule has 112 valence electrons. The van der Waals surface area contributed by atoms with Crippen LogP contribution >= 0.6 is 0 Å². The van der Waals surface area contributed by atoms with E-state index in [0.717, 1.165) is 17.7 Å². The van der Waals surface area contributed by atoms with Gasteiger partial charge in [-0.15, -0.1) is 0 Å². The topological polar surface area (TPSA) is 50.1 Å². The maximum atomic E-state index is 9.85. The first-order valence-electron chi connectivity index (χ1n) is 7.65. The number of nitrogens with one attached hydrogen (secondary N) is 1. The van der Waals surface area contributed by atoms with Gasteiger partial charge in [0.05, 0.1) is 6.33 Å². The average Bonchev–Trinajstić information content (AvgIpc) is 3.12. The van der Waals surface area contributed by atoms with Gasteiger partial charge in [-0.05, 0) is 49.8 Å². The zero-order valence-corrected chi connectivity index (χ0v) is 12.7. The van der Waals surface area contributed by atoms with Crippen LogP contribution in [0, 0.1) is 13.8 Å². The van der Waals surface area contributed by atoms with Gasteiger partial charge in [0.15, 0.2) is 0 Å². The van der Waals surface area contributed by atoms with Gasteiger partial charge < -0.3 is 15.0 Å². The summed E-state index contributed by atoms with van der Waals surface area (Å²) in [4.78, 5) is 4.16. The molecule has 0 bridgehead atoms. The fraction of sp³-hybridized carbons (Fsp3) is 0.471. The molecule has 1 aromatic carbocycles. The molecule has 1 aromatic heterocycles. The van der Waals surface area contributed by atoms with E-state index in [-0.39, 0.29) is 0 Å². The van der Waals surface area contributed by atoms with E-state index >= 15 is 0 Å². The Kier molecular flexibility index (Phi) is 3.97. The summed E-state index contributed by atoms with van der Waals surface area (Å²) < 4.78 is 2.22. The molecule has 2 atom stereocenters. The maximum absolute atomic E-state index is 9.85. The molecule has 1 saturated carbocycles. The van der Waals surface area contributed by atoms with Gasteiger partial charge in [-0.2, -0.15) is 0 Å². The molecule has 2 N–H and O–H groups in total. The fourth-order valence-electron chi connectivity index (χ4n) is 3.40. The van der Waals surface area contributed by atoms with E-state index in [1.165, 1.54) is 24.8 Å². The minimum atomic E-state index is 0.413. The number of hydrogen-bond acceptors (Lipinski definition) is 3. The first-order chi connectivity index (χ1) is 10.1. The summed E-state index contributed by atoms with van der Waals surface area (Å²) >= 11 is 0. The molecule has 0 spiro atoms. The number of aromatic nitrogens is 2. The van der Waals surface area contributed by atoms with Gasteiger partial charge in [-0.1, -0.05) is 12.1 Å². The van der Waals surface area contributed by atoms with E-state index in [4.69, 9.17) is 0 Å².